The largest absolute Gasteiger partial charge is 0.315 e. The number of hydrogen-bond acceptors (Lipinski definition) is 2. The zero-order valence-corrected chi connectivity index (χ0v) is 11.4. The van der Waals surface area contributed by atoms with Crippen LogP contribution in [0, 0.1) is 5.92 Å². The number of nitrogens with one attached hydrogen (secondary N) is 1. The summed E-state index contributed by atoms with van der Waals surface area (Å²) >= 11 is 5.90. The fourth-order valence-electron chi connectivity index (χ4n) is 2.26. The van der Waals surface area contributed by atoms with Crippen molar-refractivity contribution < 1.29 is 0 Å². The molecular formula is C13H25ClN2. The molecule has 1 aliphatic heterocycles. The third-order valence-corrected chi connectivity index (χ3v) is 3.18. The SMILES string of the molecule is C=C(Cl)CN1CCCCC1CNCC(C)C. The van der Waals surface area contributed by atoms with Crippen LogP contribution in [-0.2, 0) is 0 Å². The lowest BCUT2D eigenvalue weighted by Gasteiger charge is -2.35. The topological polar surface area (TPSA) is 15.3 Å². The number of piperidine rings is 1. The summed E-state index contributed by atoms with van der Waals surface area (Å²) in [6, 6.07) is 0.642. The summed E-state index contributed by atoms with van der Waals surface area (Å²) < 4.78 is 0. The number of likely N-dealkylation sites (tertiary alicyclic amines) is 1. The highest BCUT2D eigenvalue weighted by atomic mass is 35.5. The Morgan fingerprint density at radius 1 is 1.50 bits per heavy atom. The Morgan fingerprint density at radius 3 is 2.88 bits per heavy atom. The molecule has 0 aromatic rings. The minimum atomic E-state index is 0.642. The van der Waals surface area contributed by atoms with Gasteiger partial charge in [0.2, 0.25) is 0 Å². The molecule has 94 valence electrons. The van der Waals surface area contributed by atoms with Crippen LogP contribution in [0.1, 0.15) is 33.1 Å². The van der Waals surface area contributed by atoms with Gasteiger partial charge in [-0.15, -0.1) is 0 Å². The molecule has 16 heavy (non-hydrogen) atoms. The summed E-state index contributed by atoms with van der Waals surface area (Å²) in [6.07, 6.45) is 3.93. The average Bonchev–Trinajstić information content (AvgIpc) is 2.19. The Labute approximate surface area is 105 Å². The number of nitrogens with zero attached hydrogens (tertiary/aromatic N) is 1. The van der Waals surface area contributed by atoms with Crippen molar-refractivity contribution in [2.45, 2.75) is 39.2 Å². The molecule has 1 unspecified atom stereocenters. The van der Waals surface area contributed by atoms with Gasteiger partial charge in [-0.3, -0.25) is 4.90 Å². The first-order valence-electron chi connectivity index (χ1n) is 6.37. The maximum Gasteiger partial charge on any atom is 0.0339 e. The Morgan fingerprint density at radius 2 is 2.25 bits per heavy atom. The minimum absolute atomic E-state index is 0.642. The summed E-state index contributed by atoms with van der Waals surface area (Å²) in [7, 11) is 0. The van der Waals surface area contributed by atoms with Gasteiger partial charge in [0.15, 0.2) is 0 Å². The molecule has 1 heterocycles. The highest BCUT2D eigenvalue weighted by Gasteiger charge is 2.21. The third-order valence-electron chi connectivity index (χ3n) is 3.06. The minimum Gasteiger partial charge on any atom is -0.315 e. The second-order valence-corrected chi connectivity index (χ2v) is 5.72. The van der Waals surface area contributed by atoms with Gasteiger partial charge in [-0.05, 0) is 31.8 Å². The standard InChI is InChI=1S/C13H25ClN2/c1-11(2)8-15-9-13-6-4-5-7-16(13)10-12(3)14/h11,13,15H,3-10H2,1-2H3. The molecule has 1 fully saturated rings. The molecule has 1 N–H and O–H groups in total. The molecule has 0 radical (unpaired) electrons. The van der Waals surface area contributed by atoms with Gasteiger partial charge in [0.1, 0.15) is 0 Å². The van der Waals surface area contributed by atoms with Gasteiger partial charge in [0.05, 0.1) is 0 Å². The van der Waals surface area contributed by atoms with Crippen LogP contribution >= 0.6 is 11.6 Å². The van der Waals surface area contributed by atoms with Crippen molar-refractivity contribution in [3.63, 3.8) is 0 Å². The molecule has 0 bridgehead atoms. The number of halogens is 1. The third kappa shape index (κ3) is 5.33. The summed E-state index contributed by atoms with van der Waals surface area (Å²) in [5, 5.41) is 4.30. The molecule has 0 saturated carbocycles. The Bertz CT molecular complexity index is 216. The van der Waals surface area contributed by atoms with Crippen LogP contribution in [-0.4, -0.2) is 37.1 Å². The van der Waals surface area contributed by atoms with Crippen molar-refractivity contribution in [1.82, 2.24) is 10.2 Å². The van der Waals surface area contributed by atoms with Gasteiger partial charge in [-0.1, -0.05) is 38.4 Å². The van der Waals surface area contributed by atoms with E-state index in [9.17, 15) is 0 Å². The van der Waals surface area contributed by atoms with E-state index in [4.69, 9.17) is 11.6 Å². The van der Waals surface area contributed by atoms with Crippen LogP contribution in [0.4, 0.5) is 0 Å². The molecule has 0 spiro atoms. The van der Waals surface area contributed by atoms with E-state index in [0.717, 1.165) is 30.6 Å². The van der Waals surface area contributed by atoms with Crippen LogP contribution in [0.5, 0.6) is 0 Å². The molecule has 3 heteroatoms. The predicted octanol–water partition coefficient (Wildman–Crippen LogP) is 2.84. The van der Waals surface area contributed by atoms with Crippen molar-refractivity contribution >= 4 is 11.6 Å². The zero-order chi connectivity index (χ0) is 12.0. The molecule has 1 rings (SSSR count). The van der Waals surface area contributed by atoms with E-state index in [-0.39, 0.29) is 0 Å². The summed E-state index contributed by atoms with van der Waals surface area (Å²) in [5.41, 5.74) is 0. The smallest absolute Gasteiger partial charge is 0.0339 e. The van der Waals surface area contributed by atoms with E-state index in [1.807, 2.05) is 0 Å². The molecule has 1 saturated heterocycles. The van der Waals surface area contributed by atoms with E-state index in [0.29, 0.717) is 6.04 Å². The predicted molar refractivity (Wildman–Crippen MR) is 71.9 cm³/mol. The fourth-order valence-corrected chi connectivity index (χ4v) is 2.41. The molecular weight excluding hydrogens is 220 g/mol. The molecule has 1 atom stereocenters. The molecule has 2 nitrogen and oxygen atoms in total. The Hall–Kier alpha value is -0.0500. The molecule has 1 aliphatic rings. The maximum absolute atomic E-state index is 5.90. The highest BCUT2D eigenvalue weighted by Crippen LogP contribution is 2.18. The summed E-state index contributed by atoms with van der Waals surface area (Å²) in [5.74, 6) is 0.722. The molecule has 0 amide bonds. The van der Waals surface area contributed by atoms with Crippen molar-refractivity contribution in [3.8, 4) is 0 Å². The Kier molecular flexibility index (Phi) is 6.40. The quantitative estimate of drug-likeness (QED) is 0.773. The first-order chi connectivity index (χ1) is 7.59. The molecule has 0 aromatic carbocycles. The van der Waals surface area contributed by atoms with Gasteiger partial charge in [0, 0.05) is 24.2 Å². The van der Waals surface area contributed by atoms with Crippen LogP contribution in [0.2, 0.25) is 0 Å². The van der Waals surface area contributed by atoms with Crippen molar-refractivity contribution in [2.24, 2.45) is 5.92 Å². The van der Waals surface area contributed by atoms with Gasteiger partial charge in [0.25, 0.3) is 0 Å². The van der Waals surface area contributed by atoms with Crippen LogP contribution in [0.15, 0.2) is 11.6 Å². The first kappa shape index (κ1) is 14.0. The van der Waals surface area contributed by atoms with E-state index in [2.05, 4.69) is 30.6 Å². The lowest BCUT2D eigenvalue weighted by atomic mass is 10.0. The second-order valence-electron chi connectivity index (χ2n) is 5.19. The van der Waals surface area contributed by atoms with Crippen LogP contribution in [0.3, 0.4) is 0 Å². The van der Waals surface area contributed by atoms with E-state index < -0.39 is 0 Å². The monoisotopic (exact) mass is 244 g/mol. The normalized spacial score (nSPS) is 22.6. The maximum atomic E-state index is 5.90. The molecule has 0 aliphatic carbocycles. The Balaban J connectivity index is 2.31. The zero-order valence-electron chi connectivity index (χ0n) is 10.6. The summed E-state index contributed by atoms with van der Waals surface area (Å²) in [6.45, 7) is 12.5. The lowest BCUT2D eigenvalue weighted by molar-refractivity contribution is 0.160. The highest BCUT2D eigenvalue weighted by molar-refractivity contribution is 6.29. The van der Waals surface area contributed by atoms with Crippen molar-refractivity contribution in [1.29, 1.82) is 0 Å². The van der Waals surface area contributed by atoms with Gasteiger partial charge in [-0.25, -0.2) is 0 Å². The second kappa shape index (κ2) is 7.31. The lowest BCUT2D eigenvalue weighted by Crippen LogP contribution is -2.46. The van der Waals surface area contributed by atoms with E-state index in [1.165, 1.54) is 25.8 Å². The number of hydrogen-bond donors (Lipinski definition) is 1. The van der Waals surface area contributed by atoms with Crippen LogP contribution < -0.4 is 5.32 Å². The van der Waals surface area contributed by atoms with E-state index >= 15 is 0 Å². The van der Waals surface area contributed by atoms with Gasteiger partial charge >= 0.3 is 0 Å². The molecule has 0 aromatic heterocycles. The first-order valence-corrected chi connectivity index (χ1v) is 6.75. The van der Waals surface area contributed by atoms with Gasteiger partial charge in [-0.2, -0.15) is 0 Å². The number of rotatable bonds is 6. The van der Waals surface area contributed by atoms with E-state index in [1.54, 1.807) is 0 Å². The van der Waals surface area contributed by atoms with Crippen molar-refractivity contribution in [3.05, 3.63) is 11.6 Å². The summed E-state index contributed by atoms with van der Waals surface area (Å²) in [4.78, 5) is 2.46. The fraction of sp³-hybridized carbons (Fsp3) is 0.846. The van der Waals surface area contributed by atoms with Crippen molar-refractivity contribution in [2.75, 3.05) is 26.2 Å². The van der Waals surface area contributed by atoms with Crippen LogP contribution in [0.25, 0.3) is 0 Å². The average molecular weight is 245 g/mol. The van der Waals surface area contributed by atoms with Gasteiger partial charge < -0.3 is 5.32 Å².